The smallest absolute Gasteiger partial charge is 0.216 e. The van der Waals surface area contributed by atoms with Gasteiger partial charge in [-0.25, -0.2) is 4.98 Å². The summed E-state index contributed by atoms with van der Waals surface area (Å²) in [4.78, 5) is 14.6. The lowest BCUT2D eigenvalue weighted by Crippen LogP contribution is -2.20. The van der Waals surface area contributed by atoms with E-state index < -0.39 is 0 Å². The van der Waals surface area contributed by atoms with Crippen LogP contribution in [0.5, 0.6) is 0 Å². The zero-order valence-electron chi connectivity index (χ0n) is 8.58. The Labute approximate surface area is 88.9 Å². The molecular weight excluding hydrogens is 190 g/mol. The van der Waals surface area contributed by atoms with Crippen molar-refractivity contribution in [3.63, 3.8) is 0 Å². The second-order valence-corrected chi connectivity index (χ2v) is 2.98. The fraction of sp³-hybridized carbons (Fsp3) is 0.273. The van der Waals surface area contributed by atoms with Crippen LogP contribution in [0.15, 0.2) is 18.2 Å². The Morgan fingerprint density at radius 3 is 3.07 bits per heavy atom. The lowest BCUT2D eigenvalue weighted by Gasteiger charge is -1.95. The average molecular weight is 203 g/mol. The van der Waals surface area contributed by atoms with Gasteiger partial charge >= 0.3 is 0 Å². The normalized spacial score (nSPS) is 8.87. The fourth-order valence-electron chi connectivity index (χ4n) is 0.975. The summed E-state index contributed by atoms with van der Waals surface area (Å²) >= 11 is 0. The molecule has 1 aromatic rings. The molecule has 0 saturated heterocycles. The molecule has 1 rings (SSSR count). The van der Waals surface area contributed by atoms with E-state index in [-0.39, 0.29) is 5.91 Å². The maximum absolute atomic E-state index is 10.5. The fourth-order valence-corrected chi connectivity index (χ4v) is 0.975. The molecular formula is C11H13N3O. The van der Waals surface area contributed by atoms with Crippen LogP contribution in [0.2, 0.25) is 0 Å². The minimum atomic E-state index is -0.0427. The standard InChI is InChI=1S/C11H13N3O/c1-9(15)13-8-3-2-5-10-6-4-7-11(12)14-10/h4,6-7H,3,8H2,1H3,(H2,12,14)(H,13,15). The summed E-state index contributed by atoms with van der Waals surface area (Å²) in [5.41, 5.74) is 6.14. The molecule has 1 heterocycles. The highest BCUT2D eigenvalue weighted by Crippen LogP contribution is 1.97. The lowest BCUT2D eigenvalue weighted by molar-refractivity contribution is -0.118. The molecule has 4 heteroatoms. The summed E-state index contributed by atoms with van der Waals surface area (Å²) in [5.74, 6) is 6.19. The van der Waals surface area contributed by atoms with Gasteiger partial charge in [-0.1, -0.05) is 12.0 Å². The number of carbonyl (C=O) groups is 1. The lowest BCUT2D eigenvalue weighted by atomic mass is 10.3. The van der Waals surface area contributed by atoms with Crippen molar-refractivity contribution in [3.8, 4) is 11.8 Å². The number of nitrogens with one attached hydrogen (secondary N) is 1. The number of pyridine rings is 1. The molecule has 0 fully saturated rings. The van der Waals surface area contributed by atoms with Gasteiger partial charge in [0, 0.05) is 19.9 Å². The van der Waals surface area contributed by atoms with Crippen LogP contribution in [0.1, 0.15) is 19.0 Å². The molecule has 0 unspecified atom stereocenters. The first-order valence-electron chi connectivity index (χ1n) is 4.64. The predicted molar refractivity (Wildman–Crippen MR) is 58.8 cm³/mol. The van der Waals surface area contributed by atoms with Crippen LogP contribution in [0.3, 0.4) is 0 Å². The van der Waals surface area contributed by atoms with Gasteiger partial charge in [-0.3, -0.25) is 4.79 Å². The van der Waals surface area contributed by atoms with E-state index in [9.17, 15) is 4.79 Å². The maximum atomic E-state index is 10.5. The van der Waals surface area contributed by atoms with Gasteiger partial charge in [0.25, 0.3) is 0 Å². The molecule has 1 amide bonds. The molecule has 0 aromatic carbocycles. The summed E-state index contributed by atoms with van der Waals surface area (Å²) in [5, 5.41) is 2.66. The number of nitrogen functional groups attached to an aromatic ring is 1. The van der Waals surface area contributed by atoms with Crippen LogP contribution >= 0.6 is 0 Å². The number of nitrogens with zero attached hydrogens (tertiary/aromatic N) is 1. The van der Waals surface area contributed by atoms with Crippen molar-refractivity contribution >= 4 is 11.7 Å². The van der Waals surface area contributed by atoms with Crippen LogP contribution in [-0.2, 0) is 4.79 Å². The monoisotopic (exact) mass is 203 g/mol. The summed E-state index contributed by atoms with van der Waals surface area (Å²) in [7, 11) is 0. The molecule has 0 radical (unpaired) electrons. The second kappa shape index (κ2) is 5.66. The summed E-state index contributed by atoms with van der Waals surface area (Å²) in [6, 6.07) is 5.31. The quantitative estimate of drug-likeness (QED) is 0.544. The second-order valence-electron chi connectivity index (χ2n) is 2.98. The molecule has 15 heavy (non-hydrogen) atoms. The third-order valence-electron chi connectivity index (χ3n) is 1.61. The highest BCUT2D eigenvalue weighted by molar-refractivity contribution is 5.72. The topological polar surface area (TPSA) is 68.0 Å². The number of rotatable bonds is 2. The van der Waals surface area contributed by atoms with Gasteiger partial charge in [-0.15, -0.1) is 0 Å². The number of amides is 1. The zero-order valence-corrected chi connectivity index (χ0v) is 8.58. The van der Waals surface area contributed by atoms with Crippen molar-refractivity contribution in [2.45, 2.75) is 13.3 Å². The number of anilines is 1. The third-order valence-corrected chi connectivity index (χ3v) is 1.61. The third kappa shape index (κ3) is 4.67. The van der Waals surface area contributed by atoms with Crippen molar-refractivity contribution in [3.05, 3.63) is 23.9 Å². The molecule has 1 aromatic heterocycles. The van der Waals surface area contributed by atoms with Gasteiger partial charge in [-0.2, -0.15) is 0 Å². The first kappa shape index (κ1) is 11.1. The Hall–Kier alpha value is -2.02. The maximum Gasteiger partial charge on any atom is 0.216 e. The van der Waals surface area contributed by atoms with Crippen molar-refractivity contribution in [1.82, 2.24) is 10.3 Å². The van der Waals surface area contributed by atoms with Crippen molar-refractivity contribution < 1.29 is 4.79 Å². The molecule has 78 valence electrons. The van der Waals surface area contributed by atoms with E-state index in [4.69, 9.17) is 5.73 Å². The minimum absolute atomic E-state index is 0.0427. The highest BCUT2D eigenvalue weighted by Gasteiger charge is 1.89. The van der Waals surface area contributed by atoms with E-state index >= 15 is 0 Å². The number of hydrogen-bond donors (Lipinski definition) is 2. The molecule has 0 aliphatic heterocycles. The van der Waals surface area contributed by atoms with E-state index in [2.05, 4.69) is 22.1 Å². The van der Waals surface area contributed by atoms with E-state index in [1.54, 1.807) is 18.2 Å². The Bertz CT molecular complexity index is 404. The molecule has 0 aliphatic rings. The van der Waals surface area contributed by atoms with Crippen LogP contribution in [0.25, 0.3) is 0 Å². The molecule has 0 bridgehead atoms. The zero-order chi connectivity index (χ0) is 11.1. The predicted octanol–water partition coefficient (Wildman–Crippen LogP) is 0.541. The summed E-state index contributed by atoms with van der Waals surface area (Å²) < 4.78 is 0. The Morgan fingerprint density at radius 1 is 1.60 bits per heavy atom. The van der Waals surface area contributed by atoms with Crippen molar-refractivity contribution in [2.75, 3.05) is 12.3 Å². The van der Waals surface area contributed by atoms with E-state index in [0.717, 1.165) is 0 Å². The highest BCUT2D eigenvalue weighted by atomic mass is 16.1. The first-order chi connectivity index (χ1) is 7.18. The van der Waals surface area contributed by atoms with Gasteiger partial charge in [0.15, 0.2) is 0 Å². The largest absolute Gasteiger partial charge is 0.384 e. The number of aromatic nitrogens is 1. The summed E-state index contributed by atoms with van der Waals surface area (Å²) in [6.07, 6.45) is 0.607. The number of carbonyl (C=O) groups excluding carboxylic acids is 1. The molecule has 0 saturated carbocycles. The van der Waals surface area contributed by atoms with E-state index in [1.807, 2.05) is 0 Å². The SMILES string of the molecule is CC(=O)NCCC#Cc1cccc(N)n1. The number of hydrogen-bond acceptors (Lipinski definition) is 3. The first-order valence-corrected chi connectivity index (χ1v) is 4.64. The van der Waals surface area contributed by atoms with Gasteiger partial charge in [0.2, 0.25) is 5.91 Å². The molecule has 3 N–H and O–H groups in total. The van der Waals surface area contributed by atoms with E-state index in [0.29, 0.717) is 24.5 Å². The molecule has 0 spiro atoms. The average Bonchev–Trinajstić information content (AvgIpc) is 2.17. The van der Waals surface area contributed by atoms with Crippen LogP contribution in [0, 0.1) is 11.8 Å². The summed E-state index contributed by atoms with van der Waals surface area (Å²) in [6.45, 7) is 2.04. The van der Waals surface area contributed by atoms with E-state index in [1.165, 1.54) is 6.92 Å². The van der Waals surface area contributed by atoms with Crippen molar-refractivity contribution in [2.24, 2.45) is 0 Å². The number of nitrogens with two attached hydrogens (primary N) is 1. The molecule has 4 nitrogen and oxygen atoms in total. The Kier molecular flexibility index (Phi) is 4.17. The minimum Gasteiger partial charge on any atom is -0.384 e. The van der Waals surface area contributed by atoms with Crippen LogP contribution < -0.4 is 11.1 Å². The van der Waals surface area contributed by atoms with Gasteiger partial charge in [0.05, 0.1) is 0 Å². The van der Waals surface area contributed by atoms with Gasteiger partial charge in [0.1, 0.15) is 11.5 Å². The van der Waals surface area contributed by atoms with Crippen molar-refractivity contribution in [1.29, 1.82) is 0 Å². The Morgan fingerprint density at radius 2 is 2.40 bits per heavy atom. The molecule has 0 aliphatic carbocycles. The Balaban J connectivity index is 2.41. The van der Waals surface area contributed by atoms with Gasteiger partial charge in [-0.05, 0) is 18.1 Å². The van der Waals surface area contributed by atoms with Crippen LogP contribution in [-0.4, -0.2) is 17.4 Å². The van der Waals surface area contributed by atoms with Crippen LogP contribution in [0.4, 0.5) is 5.82 Å². The molecule has 0 atom stereocenters. The van der Waals surface area contributed by atoms with Gasteiger partial charge < -0.3 is 11.1 Å².